The van der Waals surface area contributed by atoms with E-state index in [0.717, 1.165) is 38.3 Å². The number of hydrogen-bond acceptors (Lipinski definition) is 4. The van der Waals surface area contributed by atoms with Crippen LogP contribution < -0.4 is 15.4 Å². The smallest absolute Gasteiger partial charge is 0.142 e. The van der Waals surface area contributed by atoms with Crippen LogP contribution in [0, 0.1) is 6.92 Å². The van der Waals surface area contributed by atoms with Crippen LogP contribution in [-0.4, -0.2) is 39.0 Å². The number of anilines is 1. The summed E-state index contributed by atoms with van der Waals surface area (Å²) in [4.78, 5) is 2.38. The van der Waals surface area contributed by atoms with Gasteiger partial charge in [0.2, 0.25) is 0 Å². The van der Waals surface area contributed by atoms with Crippen LogP contribution in [-0.2, 0) is 4.74 Å². The molecule has 2 N–H and O–H groups in total. The first-order chi connectivity index (χ1) is 9.70. The average molecular weight is 278 g/mol. The molecule has 0 atom stereocenters. The van der Waals surface area contributed by atoms with Crippen LogP contribution in [0.3, 0.4) is 0 Å². The molecule has 1 aromatic carbocycles. The lowest BCUT2D eigenvalue weighted by atomic mass is 10.0. The number of hydrogen-bond donors (Lipinski definition) is 1. The second kappa shape index (κ2) is 7.50. The van der Waals surface area contributed by atoms with Crippen molar-refractivity contribution in [2.45, 2.75) is 32.7 Å². The second-order valence-electron chi connectivity index (χ2n) is 5.34. The molecule has 0 saturated carbocycles. The van der Waals surface area contributed by atoms with Gasteiger partial charge in [0.1, 0.15) is 12.4 Å². The van der Waals surface area contributed by atoms with Crippen LogP contribution in [0.5, 0.6) is 5.75 Å². The van der Waals surface area contributed by atoms with Gasteiger partial charge in [-0.05, 0) is 44.4 Å². The van der Waals surface area contributed by atoms with Gasteiger partial charge in [-0.15, -0.1) is 0 Å². The highest BCUT2D eigenvalue weighted by Gasteiger charge is 2.19. The van der Waals surface area contributed by atoms with E-state index in [1.165, 1.54) is 11.3 Å². The van der Waals surface area contributed by atoms with Crippen molar-refractivity contribution in [3.8, 4) is 5.75 Å². The van der Waals surface area contributed by atoms with E-state index in [9.17, 15) is 0 Å². The summed E-state index contributed by atoms with van der Waals surface area (Å²) in [5, 5.41) is 0. The number of nitrogens with two attached hydrogens (primary N) is 1. The summed E-state index contributed by atoms with van der Waals surface area (Å²) in [6.07, 6.45) is 2.10. The van der Waals surface area contributed by atoms with Gasteiger partial charge in [0.15, 0.2) is 0 Å². The van der Waals surface area contributed by atoms with Gasteiger partial charge in [0.05, 0.1) is 12.3 Å². The van der Waals surface area contributed by atoms with Crippen LogP contribution in [0.4, 0.5) is 5.69 Å². The first-order valence-electron chi connectivity index (χ1n) is 7.52. The van der Waals surface area contributed by atoms with E-state index < -0.39 is 0 Å². The molecule has 2 rings (SSSR count). The van der Waals surface area contributed by atoms with E-state index in [4.69, 9.17) is 15.2 Å². The minimum atomic E-state index is 0.346. The van der Waals surface area contributed by atoms with Crippen molar-refractivity contribution in [1.29, 1.82) is 0 Å². The van der Waals surface area contributed by atoms with Crippen LogP contribution in [0.25, 0.3) is 0 Å². The number of ether oxygens (including phenoxy) is 2. The summed E-state index contributed by atoms with van der Waals surface area (Å²) < 4.78 is 11.2. The molecule has 0 radical (unpaired) electrons. The van der Waals surface area contributed by atoms with E-state index >= 15 is 0 Å². The summed E-state index contributed by atoms with van der Waals surface area (Å²) in [6, 6.07) is 6.70. The van der Waals surface area contributed by atoms with E-state index in [1.807, 2.05) is 6.92 Å². The minimum absolute atomic E-state index is 0.346. The fourth-order valence-electron chi connectivity index (χ4n) is 2.49. The lowest BCUT2D eigenvalue weighted by Gasteiger charge is -2.33. The van der Waals surface area contributed by atoms with Crippen molar-refractivity contribution in [3.05, 3.63) is 23.8 Å². The SMILES string of the molecule is CCOCCOc1ccc(C)cc1N1CCC(N)CC1. The van der Waals surface area contributed by atoms with Gasteiger partial charge in [0, 0.05) is 25.7 Å². The lowest BCUT2D eigenvalue weighted by molar-refractivity contribution is 0.110. The van der Waals surface area contributed by atoms with Crippen molar-refractivity contribution >= 4 is 5.69 Å². The van der Waals surface area contributed by atoms with Gasteiger partial charge in [-0.25, -0.2) is 0 Å². The van der Waals surface area contributed by atoms with Crippen molar-refractivity contribution in [2.75, 3.05) is 37.8 Å². The molecule has 4 heteroatoms. The monoisotopic (exact) mass is 278 g/mol. The molecule has 0 bridgehead atoms. The number of benzene rings is 1. The highest BCUT2D eigenvalue weighted by Crippen LogP contribution is 2.31. The summed E-state index contributed by atoms with van der Waals surface area (Å²) in [6.45, 7) is 8.08. The van der Waals surface area contributed by atoms with Crippen LogP contribution in [0.1, 0.15) is 25.3 Å². The Morgan fingerprint density at radius 2 is 2.00 bits per heavy atom. The zero-order valence-electron chi connectivity index (χ0n) is 12.6. The molecule has 4 nitrogen and oxygen atoms in total. The van der Waals surface area contributed by atoms with Crippen LogP contribution >= 0.6 is 0 Å². The molecule has 1 fully saturated rings. The molecule has 112 valence electrons. The lowest BCUT2D eigenvalue weighted by Crippen LogP contribution is -2.39. The van der Waals surface area contributed by atoms with E-state index in [0.29, 0.717) is 19.3 Å². The zero-order chi connectivity index (χ0) is 14.4. The third-order valence-electron chi connectivity index (χ3n) is 3.68. The molecule has 20 heavy (non-hydrogen) atoms. The largest absolute Gasteiger partial charge is 0.489 e. The van der Waals surface area contributed by atoms with E-state index in [1.54, 1.807) is 0 Å². The molecule has 0 amide bonds. The van der Waals surface area contributed by atoms with Gasteiger partial charge in [-0.3, -0.25) is 0 Å². The summed E-state index contributed by atoms with van der Waals surface area (Å²) in [7, 11) is 0. The third-order valence-corrected chi connectivity index (χ3v) is 3.68. The Morgan fingerprint density at radius 3 is 2.70 bits per heavy atom. The van der Waals surface area contributed by atoms with E-state index in [-0.39, 0.29) is 0 Å². The molecule has 0 unspecified atom stereocenters. The summed E-state index contributed by atoms with van der Waals surface area (Å²) in [5.41, 5.74) is 8.43. The molecule has 1 aliphatic heterocycles. The summed E-state index contributed by atoms with van der Waals surface area (Å²) in [5.74, 6) is 0.950. The Kier molecular flexibility index (Phi) is 5.68. The minimum Gasteiger partial charge on any atom is -0.489 e. The standard InChI is InChI=1S/C16H26N2O2/c1-3-19-10-11-20-16-5-4-13(2)12-15(16)18-8-6-14(17)7-9-18/h4-5,12,14H,3,6-11,17H2,1-2H3. The van der Waals surface area contributed by atoms with Crippen molar-refractivity contribution in [3.63, 3.8) is 0 Å². The maximum Gasteiger partial charge on any atom is 0.142 e. The van der Waals surface area contributed by atoms with E-state index in [2.05, 4.69) is 30.0 Å². The van der Waals surface area contributed by atoms with Gasteiger partial charge in [-0.2, -0.15) is 0 Å². The summed E-state index contributed by atoms with van der Waals surface area (Å²) >= 11 is 0. The van der Waals surface area contributed by atoms with Crippen molar-refractivity contribution < 1.29 is 9.47 Å². The van der Waals surface area contributed by atoms with Crippen LogP contribution in [0.15, 0.2) is 18.2 Å². The number of aryl methyl sites for hydroxylation is 1. The number of piperidine rings is 1. The highest BCUT2D eigenvalue weighted by molar-refractivity contribution is 5.60. The van der Waals surface area contributed by atoms with Gasteiger partial charge in [0.25, 0.3) is 0 Å². The van der Waals surface area contributed by atoms with Crippen molar-refractivity contribution in [1.82, 2.24) is 0 Å². The van der Waals surface area contributed by atoms with Gasteiger partial charge in [-0.1, -0.05) is 6.07 Å². The molecule has 1 aromatic rings. The second-order valence-corrected chi connectivity index (χ2v) is 5.34. The quantitative estimate of drug-likeness (QED) is 0.811. The Labute approximate surface area is 121 Å². The van der Waals surface area contributed by atoms with Gasteiger partial charge >= 0.3 is 0 Å². The molecule has 0 aliphatic carbocycles. The average Bonchev–Trinajstić information content (AvgIpc) is 2.46. The van der Waals surface area contributed by atoms with Gasteiger partial charge < -0.3 is 20.1 Å². The Hall–Kier alpha value is -1.26. The maximum absolute atomic E-state index is 5.98. The topological polar surface area (TPSA) is 47.7 Å². The molecule has 0 aromatic heterocycles. The zero-order valence-corrected chi connectivity index (χ0v) is 12.6. The van der Waals surface area contributed by atoms with Crippen molar-refractivity contribution in [2.24, 2.45) is 5.73 Å². The molecular formula is C16H26N2O2. The molecule has 1 aliphatic rings. The Morgan fingerprint density at radius 1 is 1.25 bits per heavy atom. The molecular weight excluding hydrogens is 252 g/mol. The predicted molar refractivity (Wildman–Crippen MR) is 82.6 cm³/mol. The van der Waals surface area contributed by atoms with Crippen LogP contribution in [0.2, 0.25) is 0 Å². The molecule has 0 spiro atoms. The highest BCUT2D eigenvalue weighted by atomic mass is 16.5. The number of rotatable bonds is 6. The number of nitrogens with zero attached hydrogens (tertiary/aromatic N) is 1. The maximum atomic E-state index is 5.98. The normalized spacial score (nSPS) is 16.4. The first-order valence-corrected chi connectivity index (χ1v) is 7.52. The third kappa shape index (κ3) is 4.12. The first kappa shape index (κ1) is 15.1. The molecule has 1 heterocycles. The predicted octanol–water partition coefficient (Wildman–Crippen LogP) is 2.34. The molecule has 1 saturated heterocycles. The fourth-order valence-corrected chi connectivity index (χ4v) is 2.49. The fraction of sp³-hybridized carbons (Fsp3) is 0.625. The Bertz CT molecular complexity index is 415. The Balaban J connectivity index is 2.03.